The number of para-hydroxylation sites is 1. The van der Waals surface area contributed by atoms with Gasteiger partial charge in [-0.15, -0.1) is 0 Å². The van der Waals surface area contributed by atoms with Crippen molar-refractivity contribution in [2.24, 2.45) is 0 Å². The van der Waals surface area contributed by atoms with Crippen LogP contribution < -0.4 is 10.6 Å². The number of carbonyl (C=O) groups excluding carboxylic acids is 1. The van der Waals surface area contributed by atoms with E-state index in [1.165, 1.54) is 0 Å². The highest BCUT2D eigenvalue weighted by atomic mass is 79.9. The molecule has 1 atom stereocenters. The summed E-state index contributed by atoms with van der Waals surface area (Å²) in [5.74, 6) is -0.0872. The molecule has 2 rings (SSSR count). The van der Waals surface area contributed by atoms with Crippen LogP contribution >= 0.6 is 27.5 Å². The molecule has 110 valence electrons. The van der Waals surface area contributed by atoms with Crippen LogP contribution in [0.15, 0.2) is 53.0 Å². The maximum absolute atomic E-state index is 11.9. The monoisotopic (exact) mass is 366 g/mol. The molecule has 0 fully saturated rings. The Morgan fingerprint density at radius 3 is 2.71 bits per heavy atom. The maximum atomic E-state index is 11.9. The summed E-state index contributed by atoms with van der Waals surface area (Å²) in [6.45, 7) is 2.23. The minimum absolute atomic E-state index is 0.0497. The fourth-order valence-electron chi connectivity index (χ4n) is 1.90. The summed E-state index contributed by atoms with van der Waals surface area (Å²) in [5.41, 5.74) is 1.82. The van der Waals surface area contributed by atoms with E-state index in [2.05, 4.69) is 26.6 Å². The number of hydrogen-bond acceptors (Lipinski definition) is 2. The normalized spacial score (nSPS) is 12.0. The fraction of sp³-hybridized carbons (Fsp3) is 0.188. The molecule has 0 radical (unpaired) electrons. The highest BCUT2D eigenvalue weighted by Gasteiger charge is 2.09. The molecule has 0 aliphatic rings. The van der Waals surface area contributed by atoms with Gasteiger partial charge in [0, 0.05) is 15.5 Å². The zero-order chi connectivity index (χ0) is 15.2. The van der Waals surface area contributed by atoms with E-state index in [0.29, 0.717) is 5.02 Å². The van der Waals surface area contributed by atoms with Crippen molar-refractivity contribution in [3.8, 4) is 0 Å². The number of anilines is 1. The minimum Gasteiger partial charge on any atom is -0.324 e. The van der Waals surface area contributed by atoms with Crippen LogP contribution in [0.25, 0.3) is 0 Å². The topological polar surface area (TPSA) is 41.1 Å². The van der Waals surface area contributed by atoms with Crippen molar-refractivity contribution in [1.82, 2.24) is 5.32 Å². The van der Waals surface area contributed by atoms with Gasteiger partial charge in [0.1, 0.15) is 0 Å². The second kappa shape index (κ2) is 7.59. The molecule has 0 heterocycles. The van der Waals surface area contributed by atoms with Crippen LogP contribution in [0.3, 0.4) is 0 Å². The quantitative estimate of drug-likeness (QED) is 0.823. The molecule has 0 aliphatic carbocycles. The van der Waals surface area contributed by atoms with E-state index in [4.69, 9.17) is 11.6 Å². The van der Waals surface area contributed by atoms with Crippen LogP contribution in [-0.2, 0) is 4.79 Å². The third kappa shape index (κ3) is 4.84. The molecule has 3 nitrogen and oxygen atoms in total. The van der Waals surface area contributed by atoms with Crippen LogP contribution in [0.4, 0.5) is 5.69 Å². The first kappa shape index (κ1) is 16.0. The summed E-state index contributed by atoms with van der Waals surface area (Å²) in [6.07, 6.45) is 0. The van der Waals surface area contributed by atoms with E-state index in [9.17, 15) is 4.79 Å². The lowest BCUT2D eigenvalue weighted by Gasteiger charge is -2.14. The Labute approximate surface area is 137 Å². The SMILES string of the molecule is C[C@H](NCC(=O)Nc1ccccc1Br)c1cccc(Cl)c1. The lowest BCUT2D eigenvalue weighted by molar-refractivity contribution is -0.115. The molecule has 2 aromatic rings. The van der Waals surface area contributed by atoms with Crippen LogP contribution in [-0.4, -0.2) is 12.5 Å². The molecule has 1 amide bonds. The van der Waals surface area contributed by atoms with Gasteiger partial charge in [0.25, 0.3) is 0 Å². The van der Waals surface area contributed by atoms with E-state index in [1.807, 2.05) is 55.5 Å². The van der Waals surface area contributed by atoms with Crippen molar-refractivity contribution >= 4 is 39.1 Å². The fourth-order valence-corrected chi connectivity index (χ4v) is 2.48. The van der Waals surface area contributed by atoms with Crippen LogP contribution in [0, 0.1) is 0 Å². The summed E-state index contributed by atoms with van der Waals surface area (Å²) in [7, 11) is 0. The standard InChI is InChI=1S/C16H16BrClN2O/c1-11(12-5-4-6-13(18)9-12)19-10-16(21)20-15-8-3-2-7-14(15)17/h2-9,11,19H,10H2,1H3,(H,20,21)/t11-/m0/s1. The molecule has 0 aliphatic heterocycles. The van der Waals surface area contributed by atoms with E-state index < -0.39 is 0 Å². The van der Waals surface area contributed by atoms with Gasteiger partial charge < -0.3 is 10.6 Å². The third-order valence-electron chi connectivity index (χ3n) is 3.07. The van der Waals surface area contributed by atoms with Gasteiger partial charge >= 0.3 is 0 Å². The molecule has 0 saturated carbocycles. The Morgan fingerprint density at radius 2 is 2.00 bits per heavy atom. The highest BCUT2D eigenvalue weighted by Crippen LogP contribution is 2.21. The molecule has 0 unspecified atom stereocenters. The van der Waals surface area contributed by atoms with Gasteiger partial charge in [0.2, 0.25) is 5.91 Å². The van der Waals surface area contributed by atoms with Crippen molar-refractivity contribution in [1.29, 1.82) is 0 Å². The summed E-state index contributed by atoms with van der Waals surface area (Å²) in [5, 5.41) is 6.73. The van der Waals surface area contributed by atoms with E-state index >= 15 is 0 Å². The van der Waals surface area contributed by atoms with Gasteiger partial charge in [-0.2, -0.15) is 0 Å². The predicted octanol–water partition coefficient (Wildman–Crippen LogP) is 4.39. The maximum Gasteiger partial charge on any atom is 0.238 e. The number of carbonyl (C=O) groups is 1. The van der Waals surface area contributed by atoms with Crippen molar-refractivity contribution in [3.05, 3.63) is 63.6 Å². The largest absolute Gasteiger partial charge is 0.324 e. The second-order valence-corrected chi connectivity index (χ2v) is 5.98. The van der Waals surface area contributed by atoms with Crippen LogP contribution in [0.1, 0.15) is 18.5 Å². The molecular weight excluding hydrogens is 352 g/mol. The van der Waals surface area contributed by atoms with E-state index in [0.717, 1.165) is 15.7 Å². The van der Waals surface area contributed by atoms with Gasteiger partial charge in [-0.05, 0) is 52.7 Å². The summed E-state index contributed by atoms with van der Waals surface area (Å²) in [4.78, 5) is 11.9. The summed E-state index contributed by atoms with van der Waals surface area (Å²) >= 11 is 9.36. The Balaban J connectivity index is 1.88. The number of rotatable bonds is 5. The molecule has 2 N–H and O–H groups in total. The molecular formula is C16H16BrClN2O. The van der Waals surface area contributed by atoms with E-state index in [1.54, 1.807) is 0 Å². The molecule has 21 heavy (non-hydrogen) atoms. The first-order valence-corrected chi connectivity index (χ1v) is 7.76. The Morgan fingerprint density at radius 1 is 1.24 bits per heavy atom. The Hall–Kier alpha value is -1.36. The van der Waals surface area contributed by atoms with Crippen molar-refractivity contribution in [2.45, 2.75) is 13.0 Å². The molecule has 0 saturated heterocycles. The zero-order valence-electron chi connectivity index (χ0n) is 11.6. The molecule has 2 aromatic carbocycles. The number of benzene rings is 2. The number of halogens is 2. The third-order valence-corrected chi connectivity index (χ3v) is 3.99. The van der Waals surface area contributed by atoms with Crippen LogP contribution in [0.5, 0.6) is 0 Å². The van der Waals surface area contributed by atoms with Gasteiger partial charge in [-0.25, -0.2) is 0 Å². The average Bonchev–Trinajstić information content (AvgIpc) is 2.47. The number of amides is 1. The molecule has 0 aromatic heterocycles. The highest BCUT2D eigenvalue weighted by molar-refractivity contribution is 9.10. The van der Waals surface area contributed by atoms with Gasteiger partial charge in [0.15, 0.2) is 0 Å². The molecule has 5 heteroatoms. The Bertz CT molecular complexity index is 633. The number of hydrogen-bond donors (Lipinski definition) is 2. The second-order valence-electron chi connectivity index (χ2n) is 4.69. The summed E-state index contributed by atoms with van der Waals surface area (Å²) < 4.78 is 0.862. The van der Waals surface area contributed by atoms with E-state index in [-0.39, 0.29) is 18.5 Å². The lowest BCUT2D eigenvalue weighted by atomic mass is 10.1. The van der Waals surface area contributed by atoms with Crippen molar-refractivity contribution < 1.29 is 4.79 Å². The van der Waals surface area contributed by atoms with Crippen molar-refractivity contribution in [2.75, 3.05) is 11.9 Å². The van der Waals surface area contributed by atoms with Crippen LogP contribution in [0.2, 0.25) is 5.02 Å². The first-order chi connectivity index (χ1) is 10.1. The van der Waals surface area contributed by atoms with Gasteiger partial charge in [-0.3, -0.25) is 4.79 Å². The smallest absolute Gasteiger partial charge is 0.238 e. The summed E-state index contributed by atoms with van der Waals surface area (Å²) in [6, 6.07) is 15.2. The molecule has 0 bridgehead atoms. The average molecular weight is 368 g/mol. The van der Waals surface area contributed by atoms with Crippen molar-refractivity contribution in [3.63, 3.8) is 0 Å². The van der Waals surface area contributed by atoms with Gasteiger partial charge in [-0.1, -0.05) is 35.9 Å². The number of nitrogens with one attached hydrogen (secondary N) is 2. The van der Waals surface area contributed by atoms with Gasteiger partial charge in [0.05, 0.1) is 12.2 Å². The molecule has 0 spiro atoms. The Kier molecular flexibility index (Phi) is 5.79. The first-order valence-electron chi connectivity index (χ1n) is 6.59. The zero-order valence-corrected chi connectivity index (χ0v) is 13.9. The lowest BCUT2D eigenvalue weighted by Crippen LogP contribution is -2.30. The minimum atomic E-state index is -0.0872. The predicted molar refractivity (Wildman–Crippen MR) is 90.6 cm³/mol.